The van der Waals surface area contributed by atoms with Crippen LogP contribution in [0.3, 0.4) is 0 Å². The Morgan fingerprint density at radius 3 is 2.48 bits per heavy atom. The van der Waals surface area contributed by atoms with Crippen LogP contribution in [0.1, 0.15) is 17.5 Å². The number of benzene rings is 2. The molecule has 1 fully saturated rings. The number of nitrogens with one attached hydrogen (secondary N) is 1. The lowest BCUT2D eigenvalue weighted by Crippen LogP contribution is -2.42. The van der Waals surface area contributed by atoms with E-state index >= 15 is 0 Å². The van der Waals surface area contributed by atoms with E-state index in [1.54, 1.807) is 0 Å². The van der Waals surface area contributed by atoms with Gasteiger partial charge < -0.3 is 29.3 Å². The Bertz CT molecular complexity index is 916. The molecule has 33 heavy (non-hydrogen) atoms. The van der Waals surface area contributed by atoms with Crippen LogP contribution in [0.5, 0.6) is 11.5 Å². The summed E-state index contributed by atoms with van der Waals surface area (Å²) in [4.78, 5) is 6.85. The molecule has 178 valence electrons. The molecule has 0 amide bonds. The van der Waals surface area contributed by atoms with Gasteiger partial charge in [0, 0.05) is 59.1 Å². The predicted molar refractivity (Wildman–Crippen MR) is 135 cm³/mol. The van der Waals surface area contributed by atoms with Gasteiger partial charge in [-0.3, -0.25) is 4.90 Å². The largest absolute Gasteiger partial charge is 0.454 e. The molecule has 2 aliphatic rings. The molecule has 8 heteroatoms. The number of fused-ring (bicyclic) bond motifs is 1. The van der Waals surface area contributed by atoms with Crippen molar-refractivity contribution < 1.29 is 14.2 Å². The van der Waals surface area contributed by atoms with Gasteiger partial charge in [-0.05, 0) is 54.0 Å². The number of ether oxygens (including phenoxy) is 3. The van der Waals surface area contributed by atoms with Gasteiger partial charge in [0.15, 0.2) is 16.6 Å². The fraction of sp³-hybridized carbons (Fsp3) is 0.480. The number of rotatable bonds is 9. The highest BCUT2D eigenvalue weighted by Gasteiger charge is 2.16. The molecule has 0 saturated carbocycles. The maximum Gasteiger partial charge on any atom is 0.231 e. The lowest BCUT2D eigenvalue weighted by atomic mass is 10.2. The lowest BCUT2D eigenvalue weighted by Gasteiger charge is -2.30. The minimum atomic E-state index is 0.286. The van der Waals surface area contributed by atoms with Gasteiger partial charge in [-0.1, -0.05) is 18.2 Å². The van der Waals surface area contributed by atoms with E-state index in [0.29, 0.717) is 6.54 Å². The summed E-state index contributed by atoms with van der Waals surface area (Å²) in [6.07, 6.45) is 1.06. The van der Waals surface area contributed by atoms with Crippen molar-refractivity contribution in [2.45, 2.75) is 19.5 Å². The smallest absolute Gasteiger partial charge is 0.231 e. The second-order valence-electron chi connectivity index (χ2n) is 8.64. The molecule has 1 saturated heterocycles. The summed E-state index contributed by atoms with van der Waals surface area (Å²) in [6.45, 7) is 7.36. The van der Waals surface area contributed by atoms with Crippen LogP contribution in [-0.4, -0.2) is 75.2 Å². The standard InChI is InChI=1S/C25H34N4O3S/c1-27(2)22-7-4-20(5-8-22)18-29(11-3-10-28-12-14-30-15-13-28)25(33)26-17-21-6-9-23-24(16-21)32-19-31-23/h4-9,16H,3,10-15,17-19H2,1-2H3,(H,26,33). The van der Waals surface area contributed by atoms with E-state index in [4.69, 9.17) is 26.4 Å². The van der Waals surface area contributed by atoms with E-state index < -0.39 is 0 Å². The summed E-state index contributed by atoms with van der Waals surface area (Å²) < 4.78 is 16.4. The molecule has 0 unspecified atom stereocenters. The molecule has 0 aliphatic carbocycles. The van der Waals surface area contributed by atoms with Crippen molar-refractivity contribution in [3.05, 3.63) is 53.6 Å². The third-order valence-electron chi connectivity index (χ3n) is 6.00. The molecule has 2 aromatic carbocycles. The minimum absolute atomic E-state index is 0.286. The van der Waals surface area contributed by atoms with Gasteiger partial charge in [-0.25, -0.2) is 0 Å². The lowest BCUT2D eigenvalue weighted by molar-refractivity contribution is 0.0367. The second-order valence-corrected chi connectivity index (χ2v) is 9.02. The molecule has 0 radical (unpaired) electrons. The van der Waals surface area contributed by atoms with Crippen LogP contribution < -0.4 is 19.7 Å². The average Bonchev–Trinajstić information content (AvgIpc) is 3.31. The summed E-state index contributed by atoms with van der Waals surface area (Å²) in [7, 11) is 4.12. The number of nitrogens with zero attached hydrogens (tertiary/aromatic N) is 3. The highest BCUT2D eigenvalue weighted by Crippen LogP contribution is 2.32. The highest BCUT2D eigenvalue weighted by molar-refractivity contribution is 7.80. The van der Waals surface area contributed by atoms with Crippen LogP contribution >= 0.6 is 12.2 Å². The Morgan fingerprint density at radius 2 is 1.73 bits per heavy atom. The fourth-order valence-corrected chi connectivity index (χ4v) is 4.25. The van der Waals surface area contributed by atoms with Crippen molar-refractivity contribution in [3.63, 3.8) is 0 Å². The number of morpholine rings is 1. The maximum atomic E-state index is 5.83. The molecule has 0 bridgehead atoms. The third kappa shape index (κ3) is 6.72. The molecular formula is C25H34N4O3S. The van der Waals surface area contributed by atoms with E-state index in [-0.39, 0.29) is 6.79 Å². The predicted octanol–water partition coefficient (Wildman–Crippen LogP) is 3.08. The molecule has 2 heterocycles. The zero-order chi connectivity index (χ0) is 23.0. The summed E-state index contributed by atoms with van der Waals surface area (Å²) in [5.41, 5.74) is 3.56. The highest BCUT2D eigenvalue weighted by atomic mass is 32.1. The van der Waals surface area contributed by atoms with E-state index in [0.717, 1.165) is 74.5 Å². The van der Waals surface area contributed by atoms with E-state index in [2.05, 4.69) is 58.4 Å². The van der Waals surface area contributed by atoms with Gasteiger partial charge in [-0.15, -0.1) is 0 Å². The first-order chi connectivity index (χ1) is 16.1. The summed E-state index contributed by atoms with van der Waals surface area (Å²) in [5.74, 6) is 1.59. The van der Waals surface area contributed by atoms with Gasteiger partial charge in [0.05, 0.1) is 13.2 Å². The molecule has 1 N–H and O–H groups in total. The molecule has 0 atom stereocenters. The van der Waals surface area contributed by atoms with Crippen LogP contribution in [-0.2, 0) is 17.8 Å². The molecular weight excluding hydrogens is 436 g/mol. The Balaban J connectivity index is 1.36. The molecule has 2 aromatic rings. The zero-order valence-corrected chi connectivity index (χ0v) is 20.4. The van der Waals surface area contributed by atoms with Gasteiger partial charge in [0.1, 0.15) is 0 Å². The van der Waals surface area contributed by atoms with Crippen molar-refractivity contribution in [3.8, 4) is 11.5 Å². The van der Waals surface area contributed by atoms with Crippen LogP contribution in [0.15, 0.2) is 42.5 Å². The Morgan fingerprint density at radius 1 is 1.00 bits per heavy atom. The third-order valence-corrected chi connectivity index (χ3v) is 6.40. The van der Waals surface area contributed by atoms with Crippen molar-refractivity contribution in [1.29, 1.82) is 0 Å². The SMILES string of the molecule is CN(C)c1ccc(CN(CCCN2CCOCC2)C(=S)NCc2ccc3c(c2)OCO3)cc1. The van der Waals surface area contributed by atoms with Crippen LogP contribution in [0.2, 0.25) is 0 Å². The number of anilines is 1. The normalized spacial score (nSPS) is 15.3. The first kappa shape index (κ1) is 23.6. The van der Waals surface area contributed by atoms with E-state index in [1.165, 1.54) is 11.3 Å². The van der Waals surface area contributed by atoms with Crippen molar-refractivity contribution in [1.82, 2.24) is 15.1 Å². The monoisotopic (exact) mass is 470 g/mol. The van der Waals surface area contributed by atoms with Gasteiger partial charge in [-0.2, -0.15) is 0 Å². The van der Waals surface area contributed by atoms with Crippen molar-refractivity contribution >= 4 is 23.0 Å². The van der Waals surface area contributed by atoms with E-state index in [9.17, 15) is 0 Å². The minimum Gasteiger partial charge on any atom is -0.454 e. The van der Waals surface area contributed by atoms with Crippen LogP contribution in [0.25, 0.3) is 0 Å². The Hall–Kier alpha value is -2.55. The van der Waals surface area contributed by atoms with Crippen LogP contribution in [0.4, 0.5) is 5.69 Å². The summed E-state index contributed by atoms with van der Waals surface area (Å²) in [5, 5.41) is 4.22. The fourth-order valence-electron chi connectivity index (χ4n) is 4.02. The molecule has 0 aromatic heterocycles. The average molecular weight is 471 g/mol. The van der Waals surface area contributed by atoms with Gasteiger partial charge in [0.2, 0.25) is 6.79 Å². The Labute approximate surface area is 202 Å². The van der Waals surface area contributed by atoms with Gasteiger partial charge in [0.25, 0.3) is 0 Å². The summed E-state index contributed by atoms with van der Waals surface area (Å²) in [6, 6.07) is 14.7. The quantitative estimate of drug-likeness (QED) is 0.561. The molecule has 2 aliphatic heterocycles. The molecule has 7 nitrogen and oxygen atoms in total. The van der Waals surface area contributed by atoms with Gasteiger partial charge >= 0.3 is 0 Å². The van der Waals surface area contributed by atoms with Crippen molar-refractivity contribution in [2.24, 2.45) is 0 Å². The topological polar surface area (TPSA) is 49.4 Å². The second kappa shape index (κ2) is 11.5. The first-order valence-corrected chi connectivity index (χ1v) is 12.0. The zero-order valence-electron chi connectivity index (χ0n) is 19.6. The first-order valence-electron chi connectivity index (χ1n) is 11.6. The number of thiocarbonyl (C=S) groups is 1. The van der Waals surface area contributed by atoms with Crippen molar-refractivity contribution in [2.75, 3.05) is 65.2 Å². The number of hydrogen-bond donors (Lipinski definition) is 1. The number of hydrogen-bond acceptors (Lipinski definition) is 6. The Kier molecular flexibility index (Phi) is 8.25. The molecule has 0 spiro atoms. The molecule has 4 rings (SSSR count). The van der Waals surface area contributed by atoms with E-state index in [1.807, 2.05) is 18.2 Å². The summed E-state index contributed by atoms with van der Waals surface area (Å²) >= 11 is 5.83. The maximum absolute atomic E-state index is 5.83. The van der Waals surface area contributed by atoms with Crippen LogP contribution in [0, 0.1) is 0 Å².